The minimum atomic E-state index is -0.430. The summed E-state index contributed by atoms with van der Waals surface area (Å²) in [7, 11) is 0. The van der Waals surface area contributed by atoms with Gasteiger partial charge in [0, 0.05) is 37.9 Å². The van der Waals surface area contributed by atoms with Crippen molar-refractivity contribution in [3.63, 3.8) is 0 Å². The van der Waals surface area contributed by atoms with Crippen LogP contribution in [-0.2, 0) is 25.5 Å². The smallest absolute Gasteiger partial charge is 0.310 e. The lowest BCUT2D eigenvalue weighted by atomic mass is 9.86. The molecule has 0 aliphatic carbocycles. The van der Waals surface area contributed by atoms with Crippen LogP contribution in [0, 0.1) is 5.92 Å². The second kappa shape index (κ2) is 8.59. The molecule has 2 saturated heterocycles. The topological polar surface area (TPSA) is 88.8 Å². The number of nitrogens with one attached hydrogen (secondary N) is 1. The molecule has 0 unspecified atom stereocenters. The highest BCUT2D eigenvalue weighted by Gasteiger charge is 2.39. The zero-order valence-electron chi connectivity index (χ0n) is 15.9. The molecule has 0 saturated carbocycles. The van der Waals surface area contributed by atoms with Gasteiger partial charge in [0.15, 0.2) is 0 Å². The normalized spacial score (nSPS) is 25.3. The van der Waals surface area contributed by atoms with Gasteiger partial charge in [0.2, 0.25) is 11.8 Å². The van der Waals surface area contributed by atoms with E-state index in [0.29, 0.717) is 51.8 Å². The molecule has 2 fully saturated rings. The number of amides is 2. The van der Waals surface area contributed by atoms with Crippen LogP contribution >= 0.6 is 0 Å². The van der Waals surface area contributed by atoms with E-state index in [1.54, 1.807) is 18.1 Å². The summed E-state index contributed by atoms with van der Waals surface area (Å²) in [6.07, 6.45) is 5.87. The summed E-state index contributed by atoms with van der Waals surface area (Å²) in [5.74, 6) is 0.418. The summed E-state index contributed by atoms with van der Waals surface area (Å²) in [4.78, 5) is 38.3. The van der Waals surface area contributed by atoms with Crippen LogP contribution < -0.4 is 5.32 Å². The van der Waals surface area contributed by atoms with Crippen molar-refractivity contribution >= 4 is 17.8 Å². The fourth-order valence-corrected chi connectivity index (χ4v) is 4.09. The van der Waals surface area contributed by atoms with Gasteiger partial charge in [-0.05, 0) is 44.7 Å². The van der Waals surface area contributed by atoms with Crippen molar-refractivity contribution in [3.05, 3.63) is 24.2 Å². The van der Waals surface area contributed by atoms with Gasteiger partial charge in [0.05, 0.1) is 18.8 Å². The fraction of sp³-hybridized carbons (Fsp3) is 0.650. The summed E-state index contributed by atoms with van der Waals surface area (Å²) in [6, 6.07) is 3.72. The summed E-state index contributed by atoms with van der Waals surface area (Å²) in [5, 5.41) is 3.06. The van der Waals surface area contributed by atoms with Crippen LogP contribution in [0.2, 0.25) is 0 Å². The number of ether oxygens (including phenoxy) is 1. The molecular formula is C20H28N2O5. The van der Waals surface area contributed by atoms with E-state index in [-0.39, 0.29) is 23.7 Å². The number of piperidine rings is 1. The van der Waals surface area contributed by atoms with E-state index >= 15 is 0 Å². The number of nitrogens with zero attached hydrogens (tertiary/aromatic N) is 1. The van der Waals surface area contributed by atoms with Gasteiger partial charge in [-0.15, -0.1) is 0 Å². The molecule has 0 aromatic carbocycles. The molecule has 27 heavy (non-hydrogen) atoms. The summed E-state index contributed by atoms with van der Waals surface area (Å²) in [6.45, 7) is 3.25. The molecule has 3 rings (SSSR count). The van der Waals surface area contributed by atoms with Crippen molar-refractivity contribution in [2.24, 2.45) is 5.92 Å². The van der Waals surface area contributed by atoms with E-state index in [0.717, 1.165) is 18.6 Å². The first-order valence-corrected chi connectivity index (χ1v) is 9.79. The highest BCUT2D eigenvalue weighted by molar-refractivity contribution is 5.81. The van der Waals surface area contributed by atoms with Gasteiger partial charge >= 0.3 is 5.97 Å². The van der Waals surface area contributed by atoms with Crippen LogP contribution in [0.3, 0.4) is 0 Å². The van der Waals surface area contributed by atoms with Gasteiger partial charge in [-0.1, -0.05) is 0 Å². The third-order valence-corrected chi connectivity index (χ3v) is 5.54. The second-order valence-corrected chi connectivity index (χ2v) is 7.52. The quantitative estimate of drug-likeness (QED) is 0.736. The number of furan rings is 1. The van der Waals surface area contributed by atoms with Crippen molar-refractivity contribution in [2.75, 3.05) is 19.7 Å². The van der Waals surface area contributed by atoms with Crippen LogP contribution in [0.25, 0.3) is 0 Å². The van der Waals surface area contributed by atoms with Gasteiger partial charge in [-0.2, -0.15) is 0 Å². The molecule has 2 aliphatic rings. The lowest BCUT2D eigenvalue weighted by Crippen LogP contribution is -2.46. The Kier molecular flexibility index (Phi) is 6.19. The summed E-state index contributed by atoms with van der Waals surface area (Å²) < 4.78 is 10.5. The van der Waals surface area contributed by atoms with E-state index in [1.807, 2.05) is 12.1 Å². The Balaban J connectivity index is 1.57. The molecule has 2 atom stereocenters. The first-order valence-electron chi connectivity index (χ1n) is 9.79. The third kappa shape index (κ3) is 4.90. The monoisotopic (exact) mass is 376 g/mol. The van der Waals surface area contributed by atoms with E-state index in [2.05, 4.69) is 5.32 Å². The lowest BCUT2D eigenvalue weighted by Gasteiger charge is -2.33. The highest BCUT2D eigenvalue weighted by atomic mass is 16.5. The minimum absolute atomic E-state index is 0.0225. The Labute approximate surface area is 159 Å². The van der Waals surface area contributed by atoms with Gasteiger partial charge in [0.25, 0.3) is 0 Å². The molecule has 0 bridgehead atoms. The molecular weight excluding hydrogens is 348 g/mol. The molecule has 0 spiro atoms. The molecule has 3 heterocycles. The zero-order chi connectivity index (χ0) is 19.3. The largest absolute Gasteiger partial charge is 0.469 e. The SMILES string of the molecule is CCOC(=O)[C@@H]1CCCN(C(=O)CC[C@@]2(Cc3ccco3)CCC(=O)N2)C1. The van der Waals surface area contributed by atoms with Crippen LogP contribution in [-0.4, -0.2) is 47.9 Å². The van der Waals surface area contributed by atoms with E-state index in [4.69, 9.17) is 9.15 Å². The summed E-state index contributed by atoms with van der Waals surface area (Å²) in [5.41, 5.74) is -0.430. The van der Waals surface area contributed by atoms with Crippen LogP contribution in [0.1, 0.15) is 51.2 Å². The van der Waals surface area contributed by atoms with Crippen molar-refractivity contribution in [2.45, 2.75) is 57.4 Å². The zero-order valence-corrected chi connectivity index (χ0v) is 15.9. The molecule has 1 aromatic heterocycles. The third-order valence-electron chi connectivity index (χ3n) is 5.54. The van der Waals surface area contributed by atoms with Gasteiger partial charge in [0.1, 0.15) is 5.76 Å². The average molecular weight is 376 g/mol. The number of likely N-dealkylation sites (tertiary alicyclic amines) is 1. The predicted octanol–water partition coefficient (Wildman–Crippen LogP) is 2.05. The molecule has 7 heteroatoms. The molecule has 7 nitrogen and oxygen atoms in total. The van der Waals surface area contributed by atoms with Crippen molar-refractivity contribution in [1.82, 2.24) is 10.2 Å². The Morgan fingerprint density at radius 2 is 2.30 bits per heavy atom. The molecule has 0 radical (unpaired) electrons. The number of hydrogen-bond donors (Lipinski definition) is 1. The Hall–Kier alpha value is -2.31. The fourth-order valence-electron chi connectivity index (χ4n) is 4.09. The molecule has 2 amide bonds. The first-order chi connectivity index (χ1) is 13.0. The number of hydrogen-bond acceptors (Lipinski definition) is 5. The standard InChI is InChI=1S/C20H28N2O5/c1-2-26-19(25)15-5-3-11-22(14-15)18(24)8-10-20(9-7-17(23)21-20)13-16-6-4-12-27-16/h4,6,12,15H,2-3,5,7-11,13-14H2,1H3,(H,21,23)/t15-,20-/m1/s1. The Morgan fingerprint density at radius 3 is 2.96 bits per heavy atom. The maximum absolute atomic E-state index is 12.7. The second-order valence-electron chi connectivity index (χ2n) is 7.52. The lowest BCUT2D eigenvalue weighted by molar-refractivity contribution is -0.151. The number of carbonyl (C=O) groups excluding carboxylic acids is 3. The Morgan fingerprint density at radius 1 is 1.44 bits per heavy atom. The van der Waals surface area contributed by atoms with Gasteiger partial charge in [-0.25, -0.2) is 0 Å². The van der Waals surface area contributed by atoms with Gasteiger partial charge in [-0.3, -0.25) is 14.4 Å². The van der Waals surface area contributed by atoms with Crippen LogP contribution in [0.5, 0.6) is 0 Å². The molecule has 148 valence electrons. The summed E-state index contributed by atoms with van der Waals surface area (Å²) >= 11 is 0. The maximum Gasteiger partial charge on any atom is 0.310 e. The van der Waals surface area contributed by atoms with Crippen molar-refractivity contribution < 1.29 is 23.5 Å². The molecule has 1 aromatic rings. The maximum atomic E-state index is 12.7. The molecule has 2 aliphatic heterocycles. The van der Waals surface area contributed by atoms with Crippen LogP contribution in [0.15, 0.2) is 22.8 Å². The Bertz CT molecular complexity index is 672. The van der Waals surface area contributed by atoms with E-state index < -0.39 is 5.54 Å². The van der Waals surface area contributed by atoms with Gasteiger partial charge < -0.3 is 19.4 Å². The number of esters is 1. The number of rotatable bonds is 7. The predicted molar refractivity (Wildman–Crippen MR) is 97.7 cm³/mol. The first kappa shape index (κ1) is 19.5. The highest BCUT2D eigenvalue weighted by Crippen LogP contribution is 2.30. The van der Waals surface area contributed by atoms with E-state index in [1.165, 1.54) is 0 Å². The van der Waals surface area contributed by atoms with Crippen molar-refractivity contribution in [3.8, 4) is 0 Å². The van der Waals surface area contributed by atoms with Crippen LogP contribution in [0.4, 0.5) is 0 Å². The van der Waals surface area contributed by atoms with Crippen molar-refractivity contribution in [1.29, 1.82) is 0 Å². The minimum Gasteiger partial charge on any atom is -0.469 e. The van der Waals surface area contributed by atoms with E-state index in [9.17, 15) is 14.4 Å². The number of carbonyl (C=O) groups is 3. The molecule has 1 N–H and O–H groups in total. The average Bonchev–Trinajstić information content (AvgIpc) is 3.30.